The number of hydrogen-bond acceptors (Lipinski definition) is 6. The Labute approximate surface area is 168 Å². The van der Waals surface area contributed by atoms with Crippen LogP contribution in [0.1, 0.15) is 58.6 Å². The highest BCUT2D eigenvalue weighted by Gasteiger charge is 2.41. The summed E-state index contributed by atoms with van der Waals surface area (Å²) in [7, 11) is 0. The first kappa shape index (κ1) is 20.1. The minimum absolute atomic E-state index is 0.0209. The Balaban J connectivity index is 1.90. The summed E-state index contributed by atoms with van der Waals surface area (Å²) in [4.78, 5) is 19.0. The molecule has 0 N–H and O–H groups in total. The van der Waals surface area contributed by atoms with E-state index in [1.54, 1.807) is 16.7 Å². The lowest BCUT2D eigenvalue weighted by molar-refractivity contribution is 0.173. The predicted molar refractivity (Wildman–Crippen MR) is 111 cm³/mol. The number of nitrogens with zero attached hydrogens (tertiary/aromatic N) is 3. The van der Waals surface area contributed by atoms with E-state index < -0.39 is 0 Å². The first-order valence-electron chi connectivity index (χ1n) is 8.98. The van der Waals surface area contributed by atoms with Crippen LogP contribution in [0, 0.1) is 5.41 Å². The van der Waals surface area contributed by atoms with Gasteiger partial charge in [-0.05, 0) is 24.5 Å². The molecule has 5 nitrogen and oxygen atoms in total. The van der Waals surface area contributed by atoms with E-state index >= 15 is 0 Å². The zero-order valence-corrected chi connectivity index (χ0v) is 18.2. The molecule has 0 atom stereocenters. The first-order valence-corrected chi connectivity index (χ1v) is 11.6. The molecule has 1 spiro atoms. The van der Waals surface area contributed by atoms with Crippen LogP contribution in [0.15, 0.2) is 9.52 Å². The van der Waals surface area contributed by atoms with Crippen molar-refractivity contribution in [3.05, 3.63) is 10.7 Å². The molecule has 3 rings (SSSR count). The quantitative estimate of drug-likeness (QED) is 0.554. The summed E-state index contributed by atoms with van der Waals surface area (Å²) in [5.74, 6) is 1.28. The van der Waals surface area contributed by atoms with Crippen LogP contribution < -0.4 is 0 Å². The second kappa shape index (κ2) is 7.76. The van der Waals surface area contributed by atoms with Gasteiger partial charge in [-0.15, -0.1) is 0 Å². The third kappa shape index (κ3) is 4.09. The van der Waals surface area contributed by atoms with Crippen molar-refractivity contribution in [2.45, 2.75) is 58.3 Å². The van der Waals surface area contributed by atoms with Gasteiger partial charge >= 0.3 is 0 Å². The van der Waals surface area contributed by atoms with E-state index in [0.29, 0.717) is 15.9 Å². The number of aliphatic imine (C=N–C) groups is 1. The van der Waals surface area contributed by atoms with Crippen LogP contribution in [0.2, 0.25) is 5.02 Å². The van der Waals surface area contributed by atoms with Gasteiger partial charge in [0, 0.05) is 17.7 Å². The molecular weight excluding hydrogens is 390 g/mol. The van der Waals surface area contributed by atoms with Gasteiger partial charge in [0.1, 0.15) is 10.7 Å². The fraction of sp³-hybridized carbons (Fsp3) is 0.722. The van der Waals surface area contributed by atoms with Gasteiger partial charge in [0.15, 0.2) is 5.17 Å². The number of rotatable bonds is 1. The molecule has 1 aromatic heterocycles. The molecule has 8 heteroatoms. The molecule has 1 saturated heterocycles. The number of amidine groups is 1. The molecule has 1 aliphatic heterocycles. The Morgan fingerprint density at radius 1 is 1.35 bits per heavy atom. The molecule has 144 valence electrons. The lowest BCUT2D eigenvalue weighted by Crippen LogP contribution is -2.48. The number of aromatic nitrogens is 1. The fourth-order valence-electron chi connectivity index (χ4n) is 3.59. The first-order chi connectivity index (χ1) is 12.3. The van der Waals surface area contributed by atoms with Crippen molar-refractivity contribution in [2.24, 2.45) is 10.4 Å². The van der Waals surface area contributed by atoms with Crippen molar-refractivity contribution < 1.29 is 9.32 Å². The molecule has 0 radical (unpaired) electrons. The van der Waals surface area contributed by atoms with Crippen molar-refractivity contribution in [3.8, 4) is 0 Å². The van der Waals surface area contributed by atoms with E-state index in [1.807, 2.05) is 27.0 Å². The molecule has 2 aliphatic rings. The van der Waals surface area contributed by atoms with Crippen molar-refractivity contribution in [1.82, 2.24) is 10.1 Å². The van der Waals surface area contributed by atoms with Crippen LogP contribution in [0.3, 0.4) is 0 Å². The molecule has 1 amide bonds. The van der Waals surface area contributed by atoms with Crippen molar-refractivity contribution in [2.75, 3.05) is 18.6 Å². The Kier molecular flexibility index (Phi) is 5.99. The second-order valence-corrected chi connectivity index (χ2v) is 10.3. The van der Waals surface area contributed by atoms with Gasteiger partial charge < -0.3 is 4.52 Å². The Bertz CT molecular complexity index is 706. The van der Waals surface area contributed by atoms with Crippen LogP contribution in [-0.4, -0.2) is 39.0 Å². The molecule has 1 aromatic rings. The molecular formula is C18H26ClN3O2S2. The summed E-state index contributed by atoms with van der Waals surface area (Å²) in [6.45, 7) is 6.81. The zero-order chi connectivity index (χ0) is 18.9. The Hall–Kier alpha value is -0.660. The summed E-state index contributed by atoms with van der Waals surface area (Å²) < 4.78 is 5.40. The summed E-state index contributed by atoms with van der Waals surface area (Å²) in [5.41, 5.74) is 0.681. The van der Waals surface area contributed by atoms with Crippen LogP contribution in [0.25, 0.3) is 0 Å². The molecule has 2 fully saturated rings. The third-order valence-electron chi connectivity index (χ3n) is 5.07. The van der Waals surface area contributed by atoms with Gasteiger partial charge in [-0.3, -0.25) is 9.69 Å². The van der Waals surface area contributed by atoms with Crippen molar-refractivity contribution in [3.63, 3.8) is 0 Å². The number of halogens is 1. The standard InChI is InChI=1S/C18H26ClN3O2S2/c1-17(2,3)13-12(19)14(24-21-13)20-15-22(16(23)25-4)10-18(11-26-15)8-6-5-7-9-18/h5-11H2,1-4H3/b20-15-. The fourth-order valence-corrected chi connectivity index (χ4v) is 5.68. The summed E-state index contributed by atoms with van der Waals surface area (Å²) in [6, 6.07) is 0. The van der Waals surface area contributed by atoms with Crippen LogP contribution >= 0.6 is 35.1 Å². The largest absolute Gasteiger partial charge is 0.334 e. The molecule has 0 unspecified atom stereocenters. The topological polar surface area (TPSA) is 58.7 Å². The highest BCUT2D eigenvalue weighted by atomic mass is 35.5. The third-order valence-corrected chi connectivity index (χ3v) is 7.30. The Morgan fingerprint density at radius 2 is 2.04 bits per heavy atom. The second-order valence-electron chi connectivity index (χ2n) is 8.20. The lowest BCUT2D eigenvalue weighted by atomic mass is 9.75. The highest BCUT2D eigenvalue weighted by molar-refractivity contribution is 8.15. The lowest BCUT2D eigenvalue weighted by Gasteiger charge is -2.44. The van der Waals surface area contributed by atoms with Crippen molar-refractivity contribution >= 4 is 51.4 Å². The van der Waals surface area contributed by atoms with E-state index in [2.05, 4.69) is 10.1 Å². The van der Waals surface area contributed by atoms with E-state index in [0.717, 1.165) is 12.3 Å². The molecule has 26 heavy (non-hydrogen) atoms. The number of carbonyl (C=O) groups is 1. The van der Waals surface area contributed by atoms with E-state index in [9.17, 15) is 4.79 Å². The van der Waals surface area contributed by atoms with Gasteiger partial charge in [-0.1, -0.05) is 80.3 Å². The summed E-state index contributed by atoms with van der Waals surface area (Å²) in [5, 5.41) is 5.21. The van der Waals surface area contributed by atoms with Crippen LogP contribution in [0.5, 0.6) is 0 Å². The monoisotopic (exact) mass is 415 g/mol. The van der Waals surface area contributed by atoms with Crippen LogP contribution in [-0.2, 0) is 5.41 Å². The SMILES string of the molecule is CSC(=O)N1CC2(CCCCC2)CS/C1=N\c1onc(C(C)(C)C)c1Cl. The average Bonchev–Trinajstić information content (AvgIpc) is 2.97. The molecule has 0 aromatic carbocycles. The molecule has 2 heterocycles. The van der Waals surface area contributed by atoms with Gasteiger partial charge in [-0.25, -0.2) is 0 Å². The number of thioether (sulfide) groups is 2. The summed E-state index contributed by atoms with van der Waals surface area (Å²) in [6.07, 6.45) is 7.97. The highest BCUT2D eigenvalue weighted by Crippen LogP contribution is 2.45. The van der Waals surface area contributed by atoms with Gasteiger partial charge in [0.05, 0.1) is 0 Å². The smallest absolute Gasteiger partial charge is 0.287 e. The predicted octanol–water partition coefficient (Wildman–Crippen LogP) is 6.10. The summed E-state index contributed by atoms with van der Waals surface area (Å²) >= 11 is 9.31. The number of amides is 1. The zero-order valence-electron chi connectivity index (χ0n) is 15.8. The maximum atomic E-state index is 12.6. The van der Waals surface area contributed by atoms with E-state index in [4.69, 9.17) is 16.1 Å². The average molecular weight is 416 g/mol. The minimum Gasteiger partial charge on any atom is -0.334 e. The molecule has 1 saturated carbocycles. The van der Waals surface area contributed by atoms with Gasteiger partial charge in [-0.2, -0.15) is 4.99 Å². The van der Waals surface area contributed by atoms with Gasteiger partial charge in [0.2, 0.25) is 0 Å². The molecule has 1 aliphatic carbocycles. The van der Waals surface area contributed by atoms with E-state index in [1.165, 1.54) is 43.9 Å². The number of hydrogen-bond donors (Lipinski definition) is 0. The molecule has 0 bridgehead atoms. The Morgan fingerprint density at radius 3 is 2.62 bits per heavy atom. The van der Waals surface area contributed by atoms with Crippen LogP contribution in [0.4, 0.5) is 10.7 Å². The maximum Gasteiger partial charge on any atom is 0.287 e. The maximum absolute atomic E-state index is 12.6. The van der Waals surface area contributed by atoms with Crippen molar-refractivity contribution in [1.29, 1.82) is 0 Å². The normalized spacial score (nSPS) is 22.2. The number of carbonyl (C=O) groups excluding carboxylic acids is 1. The van der Waals surface area contributed by atoms with E-state index in [-0.39, 0.29) is 22.0 Å². The van der Waals surface area contributed by atoms with Gasteiger partial charge in [0.25, 0.3) is 11.1 Å². The minimum atomic E-state index is -0.223.